The molecule has 0 radical (unpaired) electrons. The summed E-state index contributed by atoms with van der Waals surface area (Å²) >= 11 is 12.3. The maximum atomic E-state index is 12.8. The molecule has 1 aromatic carbocycles. The maximum absolute atomic E-state index is 12.8. The van der Waals surface area contributed by atoms with Crippen LogP contribution in [0.25, 0.3) is 11.0 Å². The van der Waals surface area contributed by atoms with E-state index in [1.165, 1.54) is 0 Å². The Morgan fingerprint density at radius 1 is 1.13 bits per heavy atom. The van der Waals surface area contributed by atoms with Crippen molar-refractivity contribution in [2.75, 3.05) is 0 Å². The molecule has 2 nitrogen and oxygen atoms in total. The van der Waals surface area contributed by atoms with Crippen LogP contribution in [0.4, 0.5) is 13.2 Å². The minimum atomic E-state index is -4.48. The first kappa shape index (κ1) is 16.1. The van der Waals surface area contributed by atoms with E-state index < -0.39 is 11.9 Å². The third-order valence-electron chi connectivity index (χ3n) is 3.58. The van der Waals surface area contributed by atoms with E-state index in [-0.39, 0.29) is 5.65 Å². The molecular weight excluding hydrogens is 348 g/mol. The number of nitrogens with zero attached hydrogens (tertiary/aromatic N) is 1. The average molecular weight is 359 g/mol. The number of aromatic amines is 1. The third-order valence-corrected chi connectivity index (χ3v) is 4.29. The Hall–Kier alpha value is -1.72. The molecule has 1 N–H and O–H groups in total. The molecule has 0 aliphatic rings. The maximum Gasteiger partial charge on any atom is 0.433 e. The van der Waals surface area contributed by atoms with Gasteiger partial charge >= 0.3 is 6.18 Å². The number of benzene rings is 1. The lowest BCUT2D eigenvalue weighted by Crippen LogP contribution is -2.08. The number of rotatable bonds is 2. The van der Waals surface area contributed by atoms with Crippen molar-refractivity contribution < 1.29 is 13.2 Å². The van der Waals surface area contributed by atoms with Gasteiger partial charge < -0.3 is 4.98 Å². The highest BCUT2D eigenvalue weighted by atomic mass is 35.5. The zero-order valence-electron chi connectivity index (χ0n) is 11.9. The van der Waals surface area contributed by atoms with Crippen LogP contribution in [-0.2, 0) is 12.6 Å². The third kappa shape index (κ3) is 3.16. The number of aryl methyl sites for hydroxylation is 1. The summed E-state index contributed by atoms with van der Waals surface area (Å²) in [7, 11) is 0. The van der Waals surface area contributed by atoms with Crippen LogP contribution in [0.2, 0.25) is 10.0 Å². The smallest absolute Gasteiger partial charge is 0.343 e. The molecule has 0 saturated carbocycles. The van der Waals surface area contributed by atoms with Crippen molar-refractivity contribution in [3.63, 3.8) is 0 Å². The number of aromatic nitrogens is 2. The van der Waals surface area contributed by atoms with E-state index in [0.29, 0.717) is 33.1 Å². The lowest BCUT2D eigenvalue weighted by atomic mass is 10.1. The van der Waals surface area contributed by atoms with Crippen LogP contribution in [0.3, 0.4) is 0 Å². The summed E-state index contributed by atoms with van der Waals surface area (Å²) in [5.74, 6) is 0. The predicted octanol–water partition coefficient (Wildman–Crippen LogP) is 5.79. The van der Waals surface area contributed by atoms with Gasteiger partial charge in [0.15, 0.2) is 0 Å². The number of fused-ring (bicyclic) bond motifs is 1. The van der Waals surface area contributed by atoms with Gasteiger partial charge in [0.25, 0.3) is 0 Å². The highest BCUT2D eigenvalue weighted by Gasteiger charge is 2.33. The number of alkyl halides is 3. The summed E-state index contributed by atoms with van der Waals surface area (Å²) < 4.78 is 38.5. The number of halogens is 5. The number of hydrogen-bond donors (Lipinski definition) is 1. The van der Waals surface area contributed by atoms with Crippen LogP contribution in [0, 0.1) is 6.92 Å². The standard InChI is InChI=1S/C16H11Cl2F3N2/c1-8-5-14(16(19,20)21)23-15-10(8)6-9(22-15)7-11-12(17)3-2-4-13(11)18/h2-6H,7H2,1H3,(H,22,23). The molecule has 3 rings (SSSR count). The topological polar surface area (TPSA) is 28.7 Å². The summed E-state index contributed by atoms with van der Waals surface area (Å²) in [5.41, 5.74) is 1.22. The Kier molecular flexibility index (Phi) is 4.02. The van der Waals surface area contributed by atoms with Crippen LogP contribution in [0.5, 0.6) is 0 Å². The molecule has 0 atom stereocenters. The number of H-pyrrole nitrogens is 1. The molecule has 0 saturated heterocycles. The lowest BCUT2D eigenvalue weighted by Gasteiger charge is -2.06. The van der Waals surface area contributed by atoms with Crippen LogP contribution in [0.1, 0.15) is 22.5 Å². The second-order valence-electron chi connectivity index (χ2n) is 5.26. The van der Waals surface area contributed by atoms with E-state index in [9.17, 15) is 13.2 Å². The fraction of sp³-hybridized carbons (Fsp3) is 0.188. The first-order valence-electron chi connectivity index (χ1n) is 6.75. The molecule has 0 aliphatic carbocycles. The summed E-state index contributed by atoms with van der Waals surface area (Å²) in [6.45, 7) is 1.62. The number of pyridine rings is 1. The van der Waals surface area contributed by atoms with Crippen LogP contribution in [0.15, 0.2) is 30.3 Å². The van der Waals surface area contributed by atoms with Crippen LogP contribution < -0.4 is 0 Å². The Morgan fingerprint density at radius 3 is 2.39 bits per heavy atom. The van der Waals surface area contributed by atoms with Gasteiger partial charge in [-0.2, -0.15) is 13.2 Å². The van der Waals surface area contributed by atoms with E-state index in [1.54, 1.807) is 31.2 Å². The van der Waals surface area contributed by atoms with Gasteiger partial charge in [-0.25, -0.2) is 4.98 Å². The van der Waals surface area contributed by atoms with Crippen molar-refractivity contribution >= 4 is 34.2 Å². The summed E-state index contributed by atoms with van der Waals surface area (Å²) in [4.78, 5) is 6.59. The van der Waals surface area contributed by atoms with E-state index in [4.69, 9.17) is 23.2 Å². The summed E-state index contributed by atoms with van der Waals surface area (Å²) in [5, 5.41) is 1.67. The molecule has 120 valence electrons. The molecule has 0 unspecified atom stereocenters. The molecule has 0 fully saturated rings. The molecule has 0 spiro atoms. The van der Waals surface area contributed by atoms with Gasteiger partial charge in [-0.05, 0) is 42.3 Å². The van der Waals surface area contributed by atoms with E-state index in [2.05, 4.69) is 9.97 Å². The normalized spacial score (nSPS) is 12.1. The van der Waals surface area contributed by atoms with Gasteiger partial charge in [0.1, 0.15) is 11.3 Å². The van der Waals surface area contributed by atoms with Gasteiger partial charge in [-0.1, -0.05) is 29.3 Å². The zero-order chi connectivity index (χ0) is 16.8. The molecule has 0 bridgehead atoms. The van der Waals surface area contributed by atoms with E-state index in [1.807, 2.05) is 0 Å². The van der Waals surface area contributed by atoms with Gasteiger partial charge in [-0.3, -0.25) is 0 Å². The first-order chi connectivity index (χ1) is 10.8. The zero-order valence-corrected chi connectivity index (χ0v) is 13.4. The fourth-order valence-electron chi connectivity index (χ4n) is 2.45. The Labute approximate surface area is 140 Å². The van der Waals surface area contributed by atoms with E-state index >= 15 is 0 Å². The van der Waals surface area contributed by atoms with Gasteiger partial charge in [0.05, 0.1) is 0 Å². The SMILES string of the molecule is Cc1cc(C(F)(F)F)nc2[nH]c(Cc3c(Cl)cccc3Cl)cc12. The number of nitrogens with one attached hydrogen (secondary N) is 1. The quantitative estimate of drug-likeness (QED) is 0.617. The molecular formula is C16H11Cl2F3N2. The summed E-state index contributed by atoms with van der Waals surface area (Å²) in [6.07, 6.45) is -4.09. The van der Waals surface area contributed by atoms with Gasteiger partial charge in [0.2, 0.25) is 0 Å². The molecule has 2 heterocycles. The minimum absolute atomic E-state index is 0.204. The van der Waals surface area contributed by atoms with Gasteiger partial charge in [-0.15, -0.1) is 0 Å². The highest BCUT2D eigenvalue weighted by Crippen LogP contribution is 2.32. The minimum Gasteiger partial charge on any atom is -0.343 e. The largest absolute Gasteiger partial charge is 0.433 e. The Balaban J connectivity index is 2.05. The Bertz CT molecular complexity index is 865. The highest BCUT2D eigenvalue weighted by molar-refractivity contribution is 6.36. The average Bonchev–Trinajstić information content (AvgIpc) is 2.85. The predicted molar refractivity (Wildman–Crippen MR) is 85.1 cm³/mol. The van der Waals surface area contributed by atoms with Crippen molar-refractivity contribution in [3.05, 3.63) is 62.9 Å². The second-order valence-corrected chi connectivity index (χ2v) is 6.07. The first-order valence-corrected chi connectivity index (χ1v) is 7.50. The van der Waals surface area contributed by atoms with E-state index in [0.717, 1.165) is 11.6 Å². The molecule has 2 aromatic heterocycles. The molecule has 3 aromatic rings. The second kappa shape index (κ2) is 5.73. The number of hydrogen-bond acceptors (Lipinski definition) is 1. The lowest BCUT2D eigenvalue weighted by molar-refractivity contribution is -0.141. The summed E-state index contributed by atoms with van der Waals surface area (Å²) in [6, 6.07) is 7.99. The molecule has 0 aliphatic heterocycles. The van der Waals surface area contributed by atoms with Crippen molar-refractivity contribution in [2.24, 2.45) is 0 Å². The molecule has 23 heavy (non-hydrogen) atoms. The van der Waals surface area contributed by atoms with Crippen LogP contribution in [-0.4, -0.2) is 9.97 Å². The van der Waals surface area contributed by atoms with Crippen molar-refractivity contribution in [2.45, 2.75) is 19.5 Å². The Morgan fingerprint density at radius 2 is 1.78 bits per heavy atom. The van der Waals surface area contributed by atoms with Crippen LogP contribution >= 0.6 is 23.2 Å². The van der Waals surface area contributed by atoms with Crippen molar-refractivity contribution in [3.8, 4) is 0 Å². The van der Waals surface area contributed by atoms with Crippen molar-refractivity contribution in [1.82, 2.24) is 9.97 Å². The van der Waals surface area contributed by atoms with Crippen molar-refractivity contribution in [1.29, 1.82) is 0 Å². The molecule has 7 heteroatoms. The monoisotopic (exact) mass is 358 g/mol. The van der Waals surface area contributed by atoms with Gasteiger partial charge in [0, 0.05) is 27.5 Å². The fourth-order valence-corrected chi connectivity index (χ4v) is 2.99. The molecule has 0 amide bonds.